The molecule has 0 bridgehead atoms. The smallest absolute Gasteiger partial charge is 0.340 e. The van der Waals surface area contributed by atoms with Crippen molar-refractivity contribution in [1.82, 2.24) is 4.57 Å². The van der Waals surface area contributed by atoms with Gasteiger partial charge in [-0.1, -0.05) is 19.1 Å². The number of aromatic nitrogens is 1. The molecular formula is C22H24N2O4. The van der Waals surface area contributed by atoms with Gasteiger partial charge in [0.25, 0.3) is 5.91 Å². The van der Waals surface area contributed by atoms with Crippen LogP contribution in [0.25, 0.3) is 0 Å². The van der Waals surface area contributed by atoms with E-state index in [0.717, 1.165) is 23.6 Å². The van der Waals surface area contributed by atoms with E-state index in [-0.39, 0.29) is 12.5 Å². The monoisotopic (exact) mass is 380 g/mol. The number of nitrogens with one attached hydrogen (secondary N) is 1. The zero-order valence-electron chi connectivity index (χ0n) is 16.3. The van der Waals surface area contributed by atoms with Gasteiger partial charge in [-0.25, -0.2) is 4.79 Å². The summed E-state index contributed by atoms with van der Waals surface area (Å²) in [5, 5.41) is 2.73. The molecule has 28 heavy (non-hydrogen) atoms. The lowest BCUT2D eigenvalue weighted by molar-refractivity contribution is -0.119. The van der Waals surface area contributed by atoms with Crippen LogP contribution in [0.15, 0.2) is 53.1 Å². The number of amides is 1. The van der Waals surface area contributed by atoms with Gasteiger partial charge < -0.3 is 19.0 Å². The Hall–Kier alpha value is -3.28. The van der Waals surface area contributed by atoms with E-state index in [0.29, 0.717) is 17.8 Å². The Morgan fingerprint density at radius 3 is 2.54 bits per heavy atom. The maximum Gasteiger partial charge on any atom is 0.340 e. The van der Waals surface area contributed by atoms with Gasteiger partial charge in [0.05, 0.1) is 18.4 Å². The zero-order chi connectivity index (χ0) is 20.1. The summed E-state index contributed by atoms with van der Waals surface area (Å²) in [5.74, 6) is -0.0903. The molecule has 0 saturated heterocycles. The molecule has 0 spiro atoms. The number of anilines is 1. The third kappa shape index (κ3) is 4.52. The lowest BCUT2D eigenvalue weighted by Crippen LogP contribution is -2.21. The molecule has 2 heterocycles. The molecule has 146 valence electrons. The van der Waals surface area contributed by atoms with Crippen LogP contribution in [0.2, 0.25) is 0 Å². The van der Waals surface area contributed by atoms with E-state index in [4.69, 9.17) is 9.15 Å². The van der Waals surface area contributed by atoms with Crippen molar-refractivity contribution in [2.75, 3.05) is 11.9 Å². The first-order valence-electron chi connectivity index (χ1n) is 9.23. The van der Waals surface area contributed by atoms with Gasteiger partial charge in [-0.15, -0.1) is 0 Å². The summed E-state index contributed by atoms with van der Waals surface area (Å²) < 4.78 is 12.6. The fraction of sp³-hybridized carbons (Fsp3) is 0.273. The summed E-state index contributed by atoms with van der Waals surface area (Å²) >= 11 is 0. The summed E-state index contributed by atoms with van der Waals surface area (Å²) in [7, 11) is 0. The second-order valence-electron chi connectivity index (χ2n) is 6.63. The topological polar surface area (TPSA) is 73.5 Å². The minimum absolute atomic E-state index is 0.337. The van der Waals surface area contributed by atoms with Crippen molar-refractivity contribution in [3.63, 3.8) is 0 Å². The minimum Gasteiger partial charge on any atom is -0.467 e. The molecule has 3 aromatic rings. The second-order valence-corrected chi connectivity index (χ2v) is 6.63. The molecule has 1 amide bonds. The van der Waals surface area contributed by atoms with E-state index >= 15 is 0 Å². The van der Waals surface area contributed by atoms with Gasteiger partial charge in [0.1, 0.15) is 5.76 Å². The van der Waals surface area contributed by atoms with Crippen LogP contribution in [0.1, 0.15) is 40.0 Å². The highest BCUT2D eigenvalue weighted by Crippen LogP contribution is 2.18. The predicted octanol–water partition coefficient (Wildman–Crippen LogP) is 4.10. The van der Waals surface area contributed by atoms with Crippen molar-refractivity contribution in [2.24, 2.45) is 0 Å². The number of furan rings is 1. The van der Waals surface area contributed by atoms with Crippen molar-refractivity contribution in [2.45, 2.75) is 33.7 Å². The molecule has 1 aromatic carbocycles. The van der Waals surface area contributed by atoms with Crippen molar-refractivity contribution in [3.05, 3.63) is 77.0 Å². The number of ether oxygens (including phenoxy) is 1. The fourth-order valence-corrected chi connectivity index (χ4v) is 3.04. The molecule has 0 aliphatic heterocycles. The third-order valence-corrected chi connectivity index (χ3v) is 4.67. The number of carbonyl (C=O) groups is 2. The van der Waals surface area contributed by atoms with Crippen LogP contribution in [-0.4, -0.2) is 23.1 Å². The number of aryl methyl sites for hydroxylation is 2. The number of hydrogen-bond donors (Lipinski definition) is 1. The molecule has 0 saturated carbocycles. The summed E-state index contributed by atoms with van der Waals surface area (Å²) in [6, 6.07) is 13.1. The summed E-state index contributed by atoms with van der Waals surface area (Å²) in [4.78, 5) is 24.5. The maximum atomic E-state index is 12.4. The molecule has 0 unspecified atom stereocenters. The molecule has 6 nitrogen and oxygen atoms in total. The van der Waals surface area contributed by atoms with Gasteiger partial charge in [0.15, 0.2) is 6.61 Å². The average Bonchev–Trinajstić information content (AvgIpc) is 3.30. The Labute approximate surface area is 164 Å². The summed E-state index contributed by atoms with van der Waals surface area (Å²) in [5.41, 5.74) is 4.00. The normalized spacial score (nSPS) is 10.7. The van der Waals surface area contributed by atoms with Gasteiger partial charge in [-0.05, 0) is 56.2 Å². The van der Waals surface area contributed by atoms with Crippen LogP contribution < -0.4 is 5.32 Å². The highest BCUT2D eigenvalue weighted by atomic mass is 16.5. The lowest BCUT2D eigenvalue weighted by Gasteiger charge is -2.09. The number of esters is 1. The minimum atomic E-state index is -0.518. The molecule has 0 radical (unpaired) electrons. The SMILES string of the molecule is CCc1ccc(NC(=O)COC(=O)c2cc(C)n(Cc3ccco3)c2C)cc1. The molecule has 0 atom stereocenters. The first-order chi connectivity index (χ1) is 13.5. The Balaban J connectivity index is 1.59. The molecule has 0 fully saturated rings. The van der Waals surface area contributed by atoms with Gasteiger partial charge in [0.2, 0.25) is 0 Å². The molecule has 0 aliphatic carbocycles. The molecule has 0 aliphatic rings. The second kappa shape index (κ2) is 8.61. The van der Waals surface area contributed by atoms with E-state index in [2.05, 4.69) is 12.2 Å². The van der Waals surface area contributed by atoms with Crippen molar-refractivity contribution in [1.29, 1.82) is 0 Å². The van der Waals surface area contributed by atoms with Gasteiger partial charge in [-0.2, -0.15) is 0 Å². The van der Waals surface area contributed by atoms with E-state index in [1.165, 1.54) is 5.56 Å². The van der Waals surface area contributed by atoms with E-state index < -0.39 is 5.97 Å². The maximum absolute atomic E-state index is 12.4. The van der Waals surface area contributed by atoms with E-state index in [1.807, 2.05) is 54.8 Å². The van der Waals surface area contributed by atoms with Crippen molar-refractivity contribution < 1.29 is 18.7 Å². The third-order valence-electron chi connectivity index (χ3n) is 4.67. The fourth-order valence-electron chi connectivity index (χ4n) is 3.04. The Morgan fingerprint density at radius 1 is 1.14 bits per heavy atom. The van der Waals surface area contributed by atoms with Crippen LogP contribution in [-0.2, 0) is 22.5 Å². The molecular weight excluding hydrogens is 356 g/mol. The van der Waals surface area contributed by atoms with E-state index in [9.17, 15) is 9.59 Å². The van der Waals surface area contributed by atoms with Gasteiger partial charge in [-0.3, -0.25) is 4.79 Å². The predicted molar refractivity (Wildman–Crippen MR) is 106 cm³/mol. The van der Waals surface area contributed by atoms with E-state index in [1.54, 1.807) is 12.3 Å². The number of carbonyl (C=O) groups excluding carboxylic acids is 2. The first-order valence-corrected chi connectivity index (χ1v) is 9.23. The first kappa shape index (κ1) is 19.5. The molecule has 6 heteroatoms. The van der Waals surface area contributed by atoms with Gasteiger partial charge in [0, 0.05) is 17.1 Å². The Bertz CT molecular complexity index is 953. The van der Waals surface area contributed by atoms with Crippen LogP contribution in [0, 0.1) is 13.8 Å². The Kier molecular flexibility index (Phi) is 5.99. The van der Waals surface area contributed by atoms with Gasteiger partial charge >= 0.3 is 5.97 Å². The van der Waals surface area contributed by atoms with Crippen LogP contribution in [0.5, 0.6) is 0 Å². The zero-order valence-corrected chi connectivity index (χ0v) is 16.3. The highest BCUT2D eigenvalue weighted by molar-refractivity contribution is 5.96. The molecule has 1 N–H and O–H groups in total. The molecule has 2 aromatic heterocycles. The standard InChI is InChI=1S/C22H24N2O4/c1-4-17-7-9-18(10-8-17)23-21(25)14-28-22(26)20-12-15(2)24(16(20)3)13-19-6-5-11-27-19/h5-12H,4,13-14H2,1-3H3,(H,23,25). The summed E-state index contributed by atoms with van der Waals surface area (Å²) in [6.45, 7) is 6.03. The summed E-state index contributed by atoms with van der Waals surface area (Å²) in [6.07, 6.45) is 2.55. The van der Waals surface area contributed by atoms with Crippen LogP contribution >= 0.6 is 0 Å². The Morgan fingerprint density at radius 2 is 1.89 bits per heavy atom. The number of hydrogen-bond acceptors (Lipinski definition) is 4. The number of rotatable bonds is 7. The quantitative estimate of drug-likeness (QED) is 0.626. The largest absolute Gasteiger partial charge is 0.467 e. The molecule has 3 rings (SSSR count). The van der Waals surface area contributed by atoms with Crippen molar-refractivity contribution >= 4 is 17.6 Å². The van der Waals surface area contributed by atoms with Crippen LogP contribution in [0.3, 0.4) is 0 Å². The number of nitrogens with zero attached hydrogens (tertiary/aromatic N) is 1. The van der Waals surface area contributed by atoms with Crippen LogP contribution in [0.4, 0.5) is 5.69 Å². The highest BCUT2D eigenvalue weighted by Gasteiger charge is 2.18. The average molecular weight is 380 g/mol. The lowest BCUT2D eigenvalue weighted by atomic mass is 10.1. The van der Waals surface area contributed by atoms with Crippen molar-refractivity contribution in [3.8, 4) is 0 Å². The number of benzene rings is 1.